The van der Waals surface area contributed by atoms with E-state index >= 15 is 0 Å². The summed E-state index contributed by atoms with van der Waals surface area (Å²) in [4.78, 5) is 4.97. The van der Waals surface area contributed by atoms with Gasteiger partial charge in [0.25, 0.3) is 0 Å². The van der Waals surface area contributed by atoms with Crippen molar-refractivity contribution >= 4 is 33.9 Å². The van der Waals surface area contributed by atoms with Crippen LogP contribution in [0.25, 0.3) is 0 Å². The number of halogens is 1. The van der Waals surface area contributed by atoms with Gasteiger partial charge in [-0.3, -0.25) is 0 Å². The van der Waals surface area contributed by atoms with Crippen LogP contribution in [0.15, 0.2) is 0 Å². The highest BCUT2D eigenvalue weighted by molar-refractivity contribution is 14.1. The molecule has 2 nitrogen and oxygen atoms in total. The lowest BCUT2D eigenvalue weighted by atomic mass is 10.4. The number of rotatable bonds is 0. The number of nitrogens with zero attached hydrogens (tertiary/aromatic N) is 2. The van der Waals surface area contributed by atoms with Crippen LogP contribution in [0.2, 0.25) is 0 Å². The van der Waals surface area contributed by atoms with E-state index in [1.807, 2.05) is 13.0 Å². The van der Waals surface area contributed by atoms with E-state index in [0.29, 0.717) is 5.69 Å². The van der Waals surface area contributed by atoms with Crippen molar-refractivity contribution in [3.8, 4) is 6.07 Å². The molecule has 0 N–H and O–H groups in total. The van der Waals surface area contributed by atoms with Crippen LogP contribution >= 0.6 is 33.9 Å². The summed E-state index contributed by atoms with van der Waals surface area (Å²) in [6, 6.07) is 2.01. The van der Waals surface area contributed by atoms with Crippen LogP contribution in [0, 0.1) is 21.3 Å². The van der Waals surface area contributed by atoms with Crippen molar-refractivity contribution in [1.82, 2.24) is 4.98 Å². The fourth-order valence-corrected chi connectivity index (χ4v) is 2.28. The Kier molecular flexibility index (Phi) is 2.03. The quantitative estimate of drug-likeness (QED) is 0.659. The van der Waals surface area contributed by atoms with Gasteiger partial charge in [-0.15, -0.1) is 11.3 Å². The topological polar surface area (TPSA) is 36.7 Å². The van der Waals surface area contributed by atoms with E-state index in [2.05, 4.69) is 27.6 Å². The normalized spacial score (nSPS) is 9.00. The Morgan fingerprint density at radius 2 is 2.44 bits per heavy atom. The van der Waals surface area contributed by atoms with Gasteiger partial charge in [-0.2, -0.15) is 5.26 Å². The first-order chi connectivity index (χ1) is 4.24. The van der Waals surface area contributed by atoms with Gasteiger partial charge in [-0.05, 0) is 29.5 Å². The van der Waals surface area contributed by atoms with Crippen LogP contribution in [0.5, 0.6) is 0 Å². The minimum Gasteiger partial charge on any atom is -0.219 e. The van der Waals surface area contributed by atoms with Crippen LogP contribution in [0.3, 0.4) is 0 Å². The third-order valence-corrected chi connectivity index (χ3v) is 2.54. The Bertz CT molecular complexity index is 260. The van der Waals surface area contributed by atoms with Gasteiger partial charge >= 0.3 is 0 Å². The molecule has 1 heterocycles. The average Bonchev–Trinajstić information content (AvgIpc) is 2.10. The predicted octanol–water partition coefficient (Wildman–Crippen LogP) is 1.93. The molecule has 0 spiro atoms. The van der Waals surface area contributed by atoms with E-state index in [4.69, 9.17) is 5.26 Å². The molecule has 0 aliphatic carbocycles. The monoisotopic (exact) mass is 250 g/mol. The molecule has 0 amide bonds. The second-order valence-corrected chi connectivity index (χ2v) is 4.44. The van der Waals surface area contributed by atoms with Crippen molar-refractivity contribution in [1.29, 1.82) is 5.26 Å². The number of thiazole rings is 1. The zero-order chi connectivity index (χ0) is 6.85. The Balaban J connectivity index is 3.20. The molecule has 0 atom stereocenters. The largest absolute Gasteiger partial charge is 0.219 e. The lowest BCUT2D eigenvalue weighted by molar-refractivity contribution is 1.28. The zero-order valence-electron chi connectivity index (χ0n) is 4.68. The highest BCUT2D eigenvalue weighted by Crippen LogP contribution is 2.17. The lowest BCUT2D eigenvalue weighted by Crippen LogP contribution is -1.74. The number of aromatic nitrogens is 1. The van der Waals surface area contributed by atoms with Gasteiger partial charge < -0.3 is 0 Å². The molecular formula is C5H3IN2S. The summed E-state index contributed by atoms with van der Waals surface area (Å²) in [6.07, 6.45) is 0. The fraction of sp³-hybridized carbons (Fsp3) is 0.200. The van der Waals surface area contributed by atoms with Crippen LogP contribution in [0.1, 0.15) is 10.6 Å². The van der Waals surface area contributed by atoms with Crippen molar-refractivity contribution in [2.75, 3.05) is 0 Å². The van der Waals surface area contributed by atoms with Crippen LogP contribution in [-0.2, 0) is 0 Å². The molecule has 0 aliphatic rings. The minimum absolute atomic E-state index is 0.560. The van der Waals surface area contributed by atoms with E-state index < -0.39 is 0 Å². The summed E-state index contributed by atoms with van der Waals surface area (Å²) in [5, 5.41) is 8.42. The summed E-state index contributed by atoms with van der Waals surface area (Å²) in [5.74, 6) is 0. The highest BCUT2D eigenvalue weighted by Gasteiger charge is 2.01. The number of aryl methyl sites for hydroxylation is 1. The maximum absolute atomic E-state index is 8.42. The third-order valence-electron chi connectivity index (χ3n) is 0.876. The SMILES string of the molecule is Cc1sc(I)nc1C#N. The van der Waals surface area contributed by atoms with Gasteiger partial charge in [0.1, 0.15) is 6.07 Å². The number of hydrogen-bond acceptors (Lipinski definition) is 3. The summed E-state index contributed by atoms with van der Waals surface area (Å²) < 4.78 is 0.932. The molecule has 9 heavy (non-hydrogen) atoms. The van der Waals surface area contributed by atoms with Crippen molar-refractivity contribution in [3.63, 3.8) is 0 Å². The standard InChI is InChI=1S/C5H3IN2S/c1-3-4(2-7)8-5(6)9-3/h1H3. The summed E-state index contributed by atoms with van der Waals surface area (Å²) in [6.45, 7) is 1.90. The van der Waals surface area contributed by atoms with Crippen LogP contribution in [0.4, 0.5) is 0 Å². The van der Waals surface area contributed by atoms with Crippen LogP contribution in [-0.4, -0.2) is 4.98 Å². The van der Waals surface area contributed by atoms with Crippen molar-refractivity contribution in [2.24, 2.45) is 0 Å². The second-order valence-electron chi connectivity index (χ2n) is 1.48. The van der Waals surface area contributed by atoms with Crippen molar-refractivity contribution in [3.05, 3.63) is 13.6 Å². The van der Waals surface area contributed by atoms with E-state index in [1.54, 1.807) is 11.3 Å². The van der Waals surface area contributed by atoms with E-state index in [1.165, 1.54) is 0 Å². The van der Waals surface area contributed by atoms with Crippen molar-refractivity contribution in [2.45, 2.75) is 6.92 Å². The zero-order valence-corrected chi connectivity index (χ0v) is 7.65. The van der Waals surface area contributed by atoms with Gasteiger partial charge in [0.15, 0.2) is 8.71 Å². The molecule has 0 aromatic carbocycles. The minimum atomic E-state index is 0.560. The smallest absolute Gasteiger partial charge is 0.155 e. The van der Waals surface area contributed by atoms with E-state index in [-0.39, 0.29) is 0 Å². The molecular weight excluding hydrogens is 247 g/mol. The average molecular weight is 250 g/mol. The maximum Gasteiger partial charge on any atom is 0.155 e. The first kappa shape index (κ1) is 6.96. The summed E-state index contributed by atoms with van der Waals surface area (Å²) in [7, 11) is 0. The maximum atomic E-state index is 8.42. The molecule has 0 aliphatic heterocycles. The van der Waals surface area contributed by atoms with Gasteiger partial charge in [0.05, 0.1) is 0 Å². The molecule has 1 aromatic rings. The predicted molar refractivity (Wildman–Crippen MR) is 44.3 cm³/mol. The number of nitriles is 1. The molecule has 0 fully saturated rings. The number of hydrogen-bond donors (Lipinski definition) is 0. The van der Waals surface area contributed by atoms with Crippen LogP contribution < -0.4 is 0 Å². The Labute approximate surface area is 70.7 Å². The van der Waals surface area contributed by atoms with Crippen molar-refractivity contribution < 1.29 is 0 Å². The van der Waals surface area contributed by atoms with E-state index in [9.17, 15) is 0 Å². The fourth-order valence-electron chi connectivity index (χ4n) is 0.468. The molecule has 4 heteroatoms. The molecule has 0 unspecified atom stereocenters. The molecule has 1 aromatic heterocycles. The van der Waals surface area contributed by atoms with Gasteiger partial charge in [-0.1, -0.05) is 0 Å². The Hall–Kier alpha value is -0.150. The molecule has 0 radical (unpaired) electrons. The molecule has 0 bridgehead atoms. The lowest BCUT2D eigenvalue weighted by Gasteiger charge is -1.74. The summed E-state index contributed by atoms with van der Waals surface area (Å²) in [5.41, 5.74) is 0.560. The molecule has 1 rings (SSSR count). The first-order valence-electron chi connectivity index (χ1n) is 2.27. The van der Waals surface area contributed by atoms with E-state index in [0.717, 1.165) is 7.89 Å². The van der Waals surface area contributed by atoms with Gasteiger partial charge in [-0.25, -0.2) is 4.98 Å². The second kappa shape index (κ2) is 2.62. The molecule has 0 saturated carbocycles. The third kappa shape index (κ3) is 1.40. The molecule has 46 valence electrons. The summed E-state index contributed by atoms with van der Waals surface area (Å²) >= 11 is 3.65. The first-order valence-corrected chi connectivity index (χ1v) is 4.16. The Morgan fingerprint density at radius 1 is 1.78 bits per heavy atom. The Morgan fingerprint density at radius 3 is 2.67 bits per heavy atom. The highest BCUT2D eigenvalue weighted by atomic mass is 127. The van der Waals surface area contributed by atoms with Gasteiger partial charge in [0, 0.05) is 4.88 Å². The van der Waals surface area contributed by atoms with Gasteiger partial charge in [0.2, 0.25) is 0 Å². The molecule has 0 saturated heterocycles.